The van der Waals surface area contributed by atoms with Gasteiger partial charge in [0.05, 0.1) is 24.8 Å². The lowest BCUT2D eigenvalue weighted by atomic mass is 10.0. The molecule has 0 fully saturated rings. The highest BCUT2D eigenvalue weighted by atomic mass is 35.5. The Morgan fingerprint density at radius 3 is 2.29 bits per heavy atom. The Morgan fingerprint density at radius 2 is 1.71 bits per heavy atom. The number of halogens is 1. The van der Waals surface area contributed by atoms with Gasteiger partial charge in [-0.25, -0.2) is 0 Å². The van der Waals surface area contributed by atoms with Crippen LogP contribution in [0.2, 0.25) is 0 Å². The van der Waals surface area contributed by atoms with Crippen molar-refractivity contribution in [1.82, 2.24) is 4.98 Å². The van der Waals surface area contributed by atoms with Crippen molar-refractivity contribution in [3.63, 3.8) is 0 Å². The van der Waals surface area contributed by atoms with Crippen molar-refractivity contribution in [3.8, 4) is 17.6 Å². The first-order valence-electron chi connectivity index (χ1n) is 6.14. The fourth-order valence-electron chi connectivity index (χ4n) is 1.88. The molecule has 0 unspecified atom stereocenters. The van der Waals surface area contributed by atoms with Gasteiger partial charge in [-0.3, -0.25) is 4.98 Å². The molecule has 0 aliphatic heterocycles. The Morgan fingerprint density at radius 1 is 1.05 bits per heavy atom. The number of nitriles is 1. The minimum absolute atomic E-state index is 0.352. The average Bonchev–Trinajstić information content (AvgIpc) is 2.55. The molecular weight excluding hydrogens is 288 g/mol. The molecule has 2 rings (SSSR count). The molecule has 1 aromatic heterocycles. The van der Waals surface area contributed by atoms with E-state index in [1.54, 1.807) is 56.9 Å². The quantitative estimate of drug-likeness (QED) is 0.807. The Balaban J connectivity index is 2.54. The molecule has 4 nitrogen and oxygen atoms in total. The zero-order valence-electron chi connectivity index (χ0n) is 11.6. The highest BCUT2D eigenvalue weighted by Crippen LogP contribution is 2.35. The largest absolute Gasteiger partial charge is 0.493 e. The van der Waals surface area contributed by atoms with Crippen LogP contribution in [0.25, 0.3) is 10.6 Å². The molecule has 0 N–H and O–H groups in total. The second-order valence-electron chi connectivity index (χ2n) is 4.11. The molecule has 0 radical (unpaired) electrons. The summed E-state index contributed by atoms with van der Waals surface area (Å²) in [5.41, 5.74) is 1.78. The van der Waals surface area contributed by atoms with Gasteiger partial charge in [0.25, 0.3) is 0 Å². The Kier molecular flexibility index (Phi) is 4.81. The molecular formula is C16H13ClN2O2. The van der Waals surface area contributed by atoms with E-state index in [2.05, 4.69) is 11.1 Å². The number of aromatic nitrogens is 1. The van der Waals surface area contributed by atoms with Crippen LogP contribution >= 0.6 is 11.6 Å². The molecule has 0 amide bonds. The summed E-state index contributed by atoms with van der Waals surface area (Å²) >= 11 is 6.37. The topological polar surface area (TPSA) is 55.1 Å². The van der Waals surface area contributed by atoms with E-state index in [-0.39, 0.29) is 0 Å². The normalized spacial score (nSPS) is 11.3. The summed E-state index contributed by atoms with van der Waals surface area (Å²) in [6.07, 6.45) is 3.23. The van der Waals surface area contributed by atoms with Crippen molar-refractivity contribution in [3.05, 3.63) is 53.9 Å². The average molecular weight is 301 g/mol. The molecule has 0 aliphatic carbocycles. The smallest absolute Gasteiger partial charge is 0.161 e. The number of nitrogens with zero attached hydrogens (tertiary/aromatic N) is 2. The van der Waals surface area contributed by atoms with E-state index in [1.165, 1.54) is 0 Å². The number of allylic oxidation sites excluding steroid dienone is 1. The zero-order chi connectivity index (χ0) is 15.2. The second kappa shape index (κ2) is 6.78. The van der Waals surface area contributed by atoms with Crippen LogP contribution in [0.4, 0.5) is 0 Å². The standard InChI is InChI=1S/C16H13ClN2O2/c1-20-14-4-3-12(9-15(14)21-2)16(17)13(10-18)11-5-7-19-8-6-11/h3-9H,1-2H3/b16-13+. The van der Waals surface area contributed by atoms with Gasteiger partial charge in [0, 0.05) is 12.4 Å². The summed E-state index contributed by atoms with van der Waals surface area (Å²) in [6.45, 7) is 0. The molecule has 21 heavy (non-hydrogen) atoms. The summed E-state index contributed by atoms with van der Waals surface area (Å²) in [6, 6.07) is 10.9. The van der Waals surface area contributed by atoms with E-state index < -0.39 is 0 Å². The van der Waals surface area contributed by atoms with Gasteiger partial charge in [0.15, 0.2) is 11.5 Å². The summed E-state index contributed by atoms with van der Waals surface area (Å²) < 4.78 is 10.4. The maximum absolute atomic E-state index is 9.37. The van der Waals surface area contributed by atoms with E-state index >= 15 is 0 Å². The monoisotopic (exact) mass is 300 g/mol. The van der Waals surface area contributed by atoms with Gasteiger partial charge in [-0.2, -0.15) is 5.26 Å². The lowest BCUT2D eigenvalue weighted by Crippen LogP contribution is -1.92. The summed E-state index contributed by atoms with van der Waals surface area (Å²) in [5.74, 6) is 1.16. The lowest BCUT2D eigenvalue weighted by molar-refractivity contribution is 0.355. The van der Waals surface area contributed by atoms with E-state index in [0.29, 0.717) is 33.2 Å². The molecule has 0 saturated heterocycles. The van der Waals surface area contributed by atoms with E-state index in [0.717, 1.165) is 0 Å². The van der Waals surface area contributed by atoms with Gasteiger partial charge < -0.3 is 9.47 Å². The minimum Gasteiger partial charge on any atom is -0.493 e. The molecule has 1 aromatic carbocycles. The van der Waals surface area contributed by atoms with Crippen molar-refractivity contribution in [1.29, 1.82) is 5.26 Å². The van der Waals surface area contributed by atoms with Crippen LogP contribution in [0.5, 0.6) is 11.5 Å². The predicted molar refractivity (Wildman–Crippen MR) is 82.1 cm³/mol. The fourth-order valence-corrected chi connectivity index (χ4v) is 2.14. The van der Waals surface area contributed by atoms with Gasteiger partial charge in [0.2, 0.25) is 0 Å². The van der Waals surface area contributed by atoms with Crippen molar-refractivity contribution in [2.24, 2.45) is 0 Å². The summed E-state index contributed by atoms with van der Waals surface area (Å²) in [4.78, 5) is 3.93. The number of hydrogen-bond donors (Lipinski definition) is 0. The van der Waals surface area contributed by atoms with Crippen LogP contribution in [0.1, 0.15) is 11.1 Å². The molecule has 1 heterocycles. The van der Waals surface area contributed by atoms with Gasteiger partial charge in [-0.15, -0.1) is 0 Å². The highest BCUT2D eigenvalue weighted by molar-refractivity contribution is 6.53. The fraction of sp³-hybridized carbons (Fsp3) is 0.125. The lowest BCUT2D eigenvalue weighted by Gasteiger charge is -2.10. The van der Waals surface area contributed by atoms with Crippen LogP contribution in [0, 0.1) is 11.3 Å². The number of pyridine rings is 1. The maximum atomic E-state index is 9.37. The third-order valence-corrected chi connectivity index (χ3v) is 3.34. The van der Waals surface area contributed by atoms with E-state index in [1.807, 2.05) is 0 Å². The maximum Gasteiger partial charge on any atom is 0.161 e. The Bertz CT molecular complexity index is 706. The number of ether oxygens (including phenoxy) is 2. The highest BCUT2D eigenvalue weighted by Gasteiger charge is 2.12. The molecule has 106 valence electrons. The number of hydrogen-bond acceptors (Lipinski definition) is 4. The summed E-state index contributed by atoms with van der Waals surface area (Å²) in [7, 11) is 3.11. The molecule has 0 saturated carbocycles. The van der Waals surface area contributed by atoms with Crippen molar-refractivity contribution in [2.75, 3.05) is 14.2 Å². The third-order valence-electron chi connectivity index (χ3n) is 2.94. The predicted octanol–water partition coefficient (Wildman–Crippen LogP) is 3.73. The van der Waals surface area contributed by atoms with Crippen LogP contribution in [-0.2, 0) is 0 Å². The molecule has 0 aliphatic rings. The first kappa shape index (κ1) is 14.9. The number of methoxy groups -OCH3 is 2. The Labute approximate surface area is 128 Å². The van der Waals surface area contributed by atoms with Crippen molar-refractivity contribution >= 4 is 22.2 Å². The van der Waals surface area contributed by atoms with Crippen LogP contribution in [0.15, 0.2) is 42.7 Å². The van der Waals surface area contributed by atoms with E-state index in [9.17, 15) is 5.26 Å². The van der Waals surface area contributed by atoms with Crippen molar-refractivity contribution in [2.45, 2.75) is 0 Å². The van der Waals surface area contributed by atoms with Crippen molar-refractivity contribution < 1.29 is 9.47 Å². The first-order chi connectivity index (χ1) is 10.2. The van der Waals surface area contributed by atoms with E-state index in [4.69, 9.17) is 21.1 Å². The van der Waals surface area contributed by atoms with Crippen LogP contribution in [-0.4, -0.2) is 19.2 Å². The zero-order valence-corrected chi connectivity index (χ0v) is 12.4. The number of rotatable bonds is 4. The first-order valence-corrected chi connectivity index (χ1v) is 6.51. The second-order valence-corrected chi connectivity index (χ2v) is 4.48. The van der Waals surface area contributed by atoms with Gasteiger partial charge in [-0.05, 0) is 41.5 Å². The van der Waals surface area contributed by atoms with Gasteiger partial charge in [0.1, 0.15) is 6.07 Å². The van der Waals surface area contributed by atoms with Gasteiger partial charge >= 0.3 is 0 Å². The van der Waals surface area contributed by atoms with Gasteiger partial charge in [-0.1, -0.05) is 11.6 Å². The molecule has 5 heteroatoms. The number of benzene rings is 1. The third kappa shape index (κ3) is 3.15. The molecule has 0 atom stereocenters. The minimum atomic E-state index is 0.352. The SMILES string of the molecule is COc1ccc(/C(Cl)=C(/C#N)c2ccncc2)cc1OC. The van der Waals surface area contributed by atoms with Crippen LogP contribution in [0.3, 0.4) is 0 Å². The summed E-state index contributed by atoms with van der Waals surface area (Å²) in [5, 5.41) is 9.72. The van der Waals surface area contributed by atoms with Crippen LogP contribution < -0.4 is 9.47 Å². The Hall–Kier alpha value is -2.51. The molecule has 2 aromatic rings. The molecule has 0 spiro atoms. The molecule has 0 bridgehead atoms.